The Kier molecular flexibility index (Phi) is 5.55. The minimum absolute atomic E-state index is 0.0415. The van der Waals surface area contributed by atoms with Crippen molar-refractivity contribution in [3.63, 3.8) is 0 Å². The molecule has 0 aliphatic carbocycles. The van der Waals surface area contributed by atoms with Crippen molar-refractivity contribution >= 4 is 39.2 Å². The number of carbonyl (C=O) groups excluding carboxylic acids is 1. The van der Waals surface area contributed by atoms with Crippen molar-refractivity contribution < 1.29 is 14.7 Å². The first-order valence-electron chi connectivity index (χ1n) is 5.30. The number of carbonyl (C=O) groups is 2. The molecule has 0 saturated carbocycles. The van der Waals surface area contributed by atoms with E-state index in [1.807, 2.05) is 13.2 Å². The fourth-order valence-electron chi connectivity index (χ4n) is 1.57. The zero-order valence-electron chi connectivity index (χ0n) is 10.4. The molecule has 4 nitrogen and oxygen atoms in total. The first kappa shape index (κ1) is 14.9. The molecule has 0 spiro atoms. The molecule has 1 aromatic rings. The lowest BCUT2D eigenvalue weighted by molar-refractivity contribution is -0.114. The Morgan fingerprint density at radius 1 is 1.39 bits per heavy atom. The van der Waals surface area contributed by atoms with Crippen LogP contribution in [0.25, 0.3) is 0 Å². The van der Waals surface area contributed by atoms with Gasteiger partial charge in [0.2, 0.25) is 5.91 Å². The van der Waals surface area contributed by atoms with Crippen LogP contribution in [0.5, 0.6) is 0 Å². The van der Waals surface area contributed by atoms with E-state index < -0.39 is 5.97 Å². The Morgan fingerprint density at radius 2 is 2.06 bits per heavy atom. The number of hydrogen-bond acceptors (Lipinski definition) is 4. The molecule has 0 saturated heterocycles. The molecule has 1 aromatic carbocycles. The van der Waals surface area contributed by atoms with Gasteiger partial charge in [-0.1, -0.05) is 21.6 Å². The lowest BCUT2D eigenvalue weighted by Gasteiger charge is -2.14. The number of anilines is 1. The van der Waals surface area contributed by atoms with E-state index in [1.165, 1.54) is 13.0 Å². The molecule has 0 aromatic heterocycles. The van der Waals surface area contributed by atoms with Crippen LogP contribution in [0, 0.1) is 0 Å². The maximum Gasteiger partial charge on any atom is 0.336 e. The molecule has 1 rings (SSSR count). The SMILES string of the molecule is CSSC(C)c1cc(NC(C)=O)ccc1C(=O)O. The second kappa shape index (κ2) is 6.70. The van der Waals surface area contributed by atoms with E-state index in [4.69, 9.17) is 5.11 Å². The lowest BCUT2D eigenvalue weighted by Crippen LogP contribution is -2.09. The molecule has 1 unspecified atom stereocenters. The van der Waals surface area contributed by atoms with Crippen molar-refractivity contribution in [1.82, 2.24) is 0 Å². The summed E-state index contributed by atoms with van der Waals surface area (Å²) in [5.74, 6) is -1.12. The number of aromatic carboxylic acids is 1. The normalized spacial score (nSPS) is 11.9. The topological polar surface area (TPSA) is 66.4 Å². The van der Waals surface area contributed by atoms with Gasteiger partial charge in [0.25, 0.3) is 0 Å². The molecule has 1 amide bonds. The number of carboxylic acid groups (broad SMARTS) is 1. The van der Waals surface area contributed by atoms with Gasteiger partial charge in [-0.2, -0.15) is 0 Å². The molecular weight excluding hydrogens is 270 g/mol. The van der Waals surface area contributed by atoms with Crippen LogP contribution in [0.3, 0.4) is 0 Å². The van der Waals surface area contributed by atoms with Crippen molar-refractivity contribution in [2.24, 2.45) is 0 Å². The predicted molar refractivity (Wildman–Crippen MR) is 77.2 cm³/mol. The van der Waals surface area contributed by atoms with Gasteiger partial charge in [-0.15, -0.1) is 0 Å². The minimum atomic E-state index is -0.951. The Hall–Kier alpha value is -1.14. The summed E-state index contributed by atoms with van der Waals surface area (Å²) >= 11 is 0. The van der Waals surface area contributed by atoms with Gasteiger partial charge in [0.1, 0.15) is 0 Å². The molecular formula is C12H15NO3S2. The molecule has 98 valence electrons. The Labute approximate surface area is 114 Å². The lowest BCUT2D eigenvalue weighted by atomic mass is 10.0. The van der Waals surface area contributed by atoms with E-state index in [0.717, 1.165) is 0 Å². The molecule has 0 aliphatic heterocycles. The van der Waals surface area contributed by atoms with E-state index in [0.29, 0.717) is 11.3 Å². The Balaban J connectivity index is 3.14. The average Bonchev–Trinajstić information content (AvgIpc) is 2.28. The zero-order chi connectivity index (χ0) is 13.7. The first-order valence-corrected chi connectivity index (χ1v) is 7.92. The van der Waals surface area contributed by atoms with Gasteiger partial charge in [0.05, 0.1) is 5.56 Å². The van der Waals surface area contributed by atoms with Crippen LogP contribution in [0.4, 0.5) is 5.69 Å². The van der Waals surface area contributed by atoms with E-state index in [-0.39, 0.29) is 16.7 Å². The number of hydrogen-bond donors (Lipinski definition) is 2. The second-order valence-corrected chi connectivity index (χ2v) is 6.50. The molecule has 0 fully saturated rings. The fourth-order valence-corrected chi connectivity index (χ4v) is 3.34. The monoisotopic (exact) mass is 285 g/mol. The zero-order valence-corrected chi connectivity index (χ0v) is 12.0. The summed E-state index contributed by atoms with van der Waals surface area (Å²) in [7, 11) is 3.17. The van der Waals surface area contributed by atoms with Gasteiger partial charge in [0.15, 0.2) is 0 Å². The first-order chi connectivity index (χ1) is 8.45. The van der Waals surface area contributed by atoms with Crippen LogP contribution < -0.4 is 5.32 Å². The van der Waals surface area contributed by atoms with E-state index in [9.17, 15) is 9.59 Å². The number of rotatable bonds is 5. The predicted octanol–water partition coefficient (Wildman–Crippen LogP) is 3.42. The summed E-state index contributed by atoms with van der Waals surface area (Å²) in [6.45, 7) is 3.37. The molecule has 0 bridgehead atoms. The van der Waals surface area contributed by atoms with Gasteiger partial charge in [-0.25, -0.2) is 4.79 Å². The molecule has 1 atom stereocenters. The molecule has 18 heavy (non-hydrogen) atoms. The van der Waals surface area contributed by atoms with Gasteiger partial charge in [-0.3, -0.25) is 4.79 Å². The van der Waals surface area contributed by atoms with Gasteiger partial charge in [0, 0.05) is 17.9 Å². The van der Waals surface area contributed by atoms with E-state index in [2.05, 4.69) is 5.32 Å². The van der Waals surface area contributed by atoms with Crippen LogP contribution in [0.1, 0.15) is 35.0 Å². The van der Waals surface area contributed by atoms with Crippen LogP contribution in [-0.4, -0.2) is 23.2 Å². The summed E-state index contributed by atoms with van der Waals surface area (Å²) in [5, 5.41) is 11.9. The molecule has 0 aliphatic rings. The fraction of sp³-hybridized carbons (Fsp3) is 0.333. The van der Waals surface area contributed by atoms with Crippen molar-refractivity contribution in [3.05, 3.63) is 29.3 Å². The molecule has 2 N–H and O–H groups in total. The van der Waals surface area contributed by atoms with E-state index in [1.54, 1.807) is 33.7 Å². The Bertz CT molecular complexity index is 463. The largest absolute Gasteiger partial charge is 0.478 e. The summed E-state index contributed by atoms with van der Waals surface area (Å²) in [5.41, 5.74) is 1.61. The minimum Gasteiger partial charge on any atom is -0.478 e. The number of amides is 1. The highest BCUT2D eigenvalue weighted by Gasteiger charge is 2.16. The highest BCUT2D eigenvalue weighted by molar-refractivity contribution is 8.76. The highest BCUT2D eigenvalue weighted by Crippen LogP contribution is 2.38. The highest BCUT2D eigenvalue weighted by atomic mass is 33.1. The van der Waals surface area contributed by atoms with Gasteiger partial charge in [-0.05, 0) is 36.9 Å². The van der Waals surface area contributed by atoms with E-state index >= 15 is 0 Å². The maximum absolute atomic E-state index is 11.2. The van der Waals surface area contributed by atoms with Crippen LogP contribution in [0.15, 0.2) is 18.2 Å². The average molecular weight is 285 g/mol. The summed E-state index contributed by atoms with van der Waals surface area (Å²) < 4.78 is 0. The quantitative estimate of drug-likeness (QED) is 0.811. The third kappa shape index (κ3) is 3.96. The maximum atomic E-state index is 11.2. The second-order valence-electron chi connectivity index (χ2n) is 3.69. The van der Waals surface area contributed by atoms with Gasteiger partial charge < -0.3 is 10.4 Å². The van der Waals surface area contributed by atoms with Crippen LogP contribution in [-0.2, 0) is 4.79 Å². The third-order valence-electron chi connectivity index (χ3n) is 2.28. The van der Waals surface area contributed by atoms with Crippen molar-refractivity contribution in [1.29, 1.82) is 0 Å². The Morgan fingerprint density at radius 3 is 2.56 bits per heavy atom. The summed E-state index contributed by atoms with van der Waals surface area (Å²) in [6, 6.07) is 4.85. The standard InChI is InChI=1S/C12H15NO3S2/c1-7(18-17-3)11-6-9(13-8(2)14)4-5-10(11)12(15)16/h4-7H,1-3H3,(H,13,14)(H,15,16). The summed E-state index contributed by atoms with van der Waals surface area (Å²) in [4.78, 5) is 22.2. The number of carboxylic acids is 1. The summed E-state index contributed by atoms with van der Waals surface area (Å²) in [6.07, 6.45) is 1.94. The van der Waals surface area contributed by atoms with Crippen molar-refractivity contribution in [2.75, 3.05) is 11.6 Å². The number of benzene rings is 1. The number of nitrogens with one attached hydrogen (secondary N) is 1. The van der Waals surface area contributed by atoms with Crippen molar-refractivity contribution in [3.8, 4) is 0 Å². The molecule has 0 radical (unpaired) electrons. The van der Waals surface area contributed by atoms with Crippen LogP contribution >= 0.6 is 21.6 Å². The molecule has 0 heterocycles. The molecule has 6 heteroatoms. The third-order valence-corrected chi connectivity index (χ3v) is 4.46. The van der Waals surface area contributed by atoms with Crippen LogP contribution in [0.2, 0.25) is 0 Å². The smallest absolute Gasteiger partial charge is 0.336 e. The van der Waals surface area contributed by atoms with Crippen molar-refractivity contribution in [2.45, 2.75) is 19.1 Å². The van der Waals surface area contributed by atoms with Gasteiger partial charge >= 0.3 is 5.97 Å².